The van der Waals surface area contributed by atoms with Crippen molar-refractivity contribution in [3.05, 3.63) is 12.2 Å². The first-order valence-electron chi connectivity index (χ1n) is 10.5. The predicted molar refractivity (Wildman–Crippen MR) is 106 cm³/mol. The Hall–Kier alpha value is -1.56. The molecular weight excluding hydrogens is 326 g/mol. The molecule has 6 nitrogen and oxygen atoms in total. The topological polar surface area (TPSA) is 60.0 Å². The van der Waals surface area contributed by atoms with Crippen molar-refractivity contribution in [1.82, 2.24) is 20.4 Å². The number of nitrogens with zero attached hydrogens (tertiary/aromatic N) is 3. The van der Waals surface area contributed by atoms with E-state index in [1.807, 2.05) is 0 Å². The number of aliphatic imine (C=N–C) groups is 1. The predicted octanol–water partition coefficient (Wildman–Crippen LogP) is 1.59. The van der Waals surface area contributed by atoms with Gasteiger partial charge in [0.15, 0.2) is 5.96 Å². The Morgan fingerprint density at radius 1 is 1.12 bits per heavy atom. The molecular formula is C20H35N5O. The third-order valence-electron chi connectivity index (χ3n) is 5.77. The zero-order chi connectivity index (χ0) is 18.2. The normalized spacial score (nSPS) is 23.0. The van der Waals surface area contributed by atoms with Crippen molar-refractivity contribution in [3.8, 4) is 0 Å². The van der Waals surface area contributed by atoms with Gasteiger partial charge in [-0.15, -0.1) is 0 Å². The second-order valence-electron chi connectivity index (χ2n) is 7.69. The van der Waals surface area contributed by atoms with Gasteiger partial charge in [0.2, 0.25) is 5.91 Å². The van der Waals surface area contributed by atoms with Gasteiger partial charge in [-0.3, -0.25) is 14.7 Å². The smallest absolute Gasteiger partial charge is 0.225 e. The SMILES string of the molecule is CCNC(=NCCN1CCN(C(=O)C2CCCC2)CC1)NC1CC=CC1. The van der Waals surface area contributed by atoms with Crippen LogP contribution < -0.4 is 10.6 Å². The third kappa shape index (κ3) is 5.47. The zero-order valence-electron chi connectivity index (χ0n) is 16.3. The maximum atomic E-state index is 12.5. The monoisotopic (exact) mass is 361 g/mol. The summed E-state index contributed by atoms with van der Waals surface area (Å²) in [6.07, 6.45) is 11.3. The van der Waals surface area contributed by atoms with E-state index in [2.05, 4.69) is 39.5 Å². The lowest BCUT2D eigenvalue weighted by molar-refractivity contribution is -0.137. The summed E-state index contributed by atoms with van der Waals surface area (Å²) in [6, 6.07) is 0.484. The second kappa shape index (κ2) is 9.95. The quantitative estimate of drug-likeness (QED) is 0.429. The maximum absolute atomic E-state index is 12.5. The molecule has 0 aromatic heterocycles. The summed E-state index contributed by atoms with van der Waals surface area (Å²) in [6.45, 7) is 8.46. The second-order valence-corrected chi connectivity index (χ2v) is 7.69. The first kappa shape index (κ1) is 19.2. The number of hydrogen-bond donors (Lipinski definition) is 2. The Morgan fingerprint density at radius 2 is 1.81 bits per heavy atom. The molecule has 0 bridgehead atoms. The summed E-state index contributed by atoms with van der Waals surface area (Å²) in [4.78, 5) is 21.8. The summed E-state index contributed by atoms with van der Waals surface area (Å²) in [7, 11) is 0. The van der Waals surface area contributed by atoms with Gasteiger partial charge >= 0.3 is 0 Å². The number of amides is 1. The molecule has 0 atom stereocenters. The number of rotatable bonds is 6. The average molecular weight is 362 g/mol. The van der Waals surface area contributed by atoms with Crippen molar-refractivity contribution in [2.75, 3.05) is 45.8 Å². The van der Waals surface area contributed by atoms with E-state index in [-0.39, 0.29) is 0 Å². The fourth-order valence-corrected chi connectivity index (χ4v) is 4.17. The molecule has 1 saturated heterocycles. The van der Waals surface area contributed by atoms with Crippen LogP contribution in [-0.2, 0) is 4.79 Å². The summed E-state index contributed by atoms with van der Waals surface area (Å²) in [5.41, 5.74) is 0. The summed E-state index contributed by atoms with van der Waals surface area (Å²) in [5, 5.41) is 6.85. The van der Waals surface area contributed by atoms with Crippen LogP contribution in [0.3, 0.4) is 0 Å². The van der Waals surface area contributed by atoms with Gasteiger partial charge in [0, 0.05) is 51.2 Å². The molecule has 0 radical (unpaired) electrons. The lowest BCUT2D eigenvalue weighted by atomic mass is 10.1. The van der Waals surface area contributed by atoms with Crippen LogP contribution in [0.5, 0.6) is 0 Å². The molecule has 3 rings (SSSR count). The van der Waals surface area contributed by atoms with Crippen molar-refractivity contribution in [2.45, 2.75) is 51.5 Å². The van der Waals surface area contributed by atoms with Gasteiger partial charge in [0.1, 0.15) is 0 Å². The van der Waals surface area contributed by atoms with Crippen LogP contribution >= 0.6 is 0 Å². The molecule has 2 N–H and O–H groups in total. The maximum Gasteiger partial charge on any atom is 0.225 e. The van der Waals surface area contributed by atoms with Crippen molar-refractivity contribution >= 4 is 11.9 Å². The molecule has 1 heterocycles. The lowest BCUT2D eigenvalue weighted by Crippen LogP contribution is -2.50. The number of piperazine rings is 1. The molecule has 3 aliphatic rings. The highest BCUT2D eigenvalue weighted by Gasteiger charge is 2.29. The van der Waals surface area contributed by atoms with Crippen LogP contribution in [0.15, 0.2) is 17.1 Å². The standard InChI is InChI=1S/C20H35N5O/c1-2-21-20(23-18-9-5-6-10-18)22-11-12-24-13-15-25(16-14-24)19(26)17-7-3-4-8-17/h5-6,17-18H,2-4,7-16H2,1H3,(H2,21,22,23). The number of nitrogens with one attached hydrogen (secondary N) is 2. The Balaban J connectivity index is 1.37. The van der Waals surface area contributed by atoms with E-state index >= 15 is 0 Å². The zero-order valence-corrected chi connectivity index (χ0v) is 16.3. The van der Waals surface area contributed by atoms with Crippen molar-refractivity contribution in [2.24, 2.45) is 10.9 Å². The van der Waals surface area contributed by atoms with Crippen LogP contribution in [0.25, 0.3) is 0 Å². The summed E-state index contributed by atoms with van der Waals surface area (Å²) >= 11 is 0. The van der Waals surface area contributed by atoms with Crippen molar-refractivity contribution < 1.29 is 4.79 Å². The minimum absolute atomic E-state index is 0.310. The molecule has 26 heavy (non-hydrogen) atoms. The van der Waals surface area contributed by atoms with Crippen molar-refractivity contribution in [1.29, 1.82) is 0 Å². The number of carbonyl (C=O) groups is 1. The van der Waals surface area contributed by atoms with Crippen LogP contribution in [0.2, 0.25) is 0 Å². The van der Waals surface area contributed by atoms with Gasteiger partial charge in [0.25, 0.3) is 0 Å². The van der Waals surface area contributed by atoms with E-state index in [1.165, 1.54) is 12.8 Å². The van der Waals surface area contributed by atoms with Gasteiger partial charge in [-0.1, -0.05) is 25.0 Å². The molecule has 146 valence electrons. The molecule has 0 unspecified atom stereocenters. The first-order valence-corrected chi connectivity index (χ1v) is 10.5. The fraction of sp³-hybridized carbons (Fsp3) is 0.800. The van der Waals surface area contributed by atoms with Gasteiger partial charge in [-0.25, -0.2) is 0 Å². The first-order chi connectivity index (χ1) is 12.8. The van der Waals surface area contributed by atoms with Crippen LogP contribution in [0, 0.1) is 5.92 Å². The molecule has 0 aromatic carbocycles. The highest BCUT2D eigenvalue weighted by molar-refractivity contribution is 5.80. The van der Waals surface area contributed by atoms with Crippen molar-refractivity contribution in [3.63, 3.8) is 0 Å². The van der Waals surface area contributed by atoms with E-state index in [1.54, 1.807) is 0 Å². The molecule has 6 heteroatoms. The number of carbonyl (C=O) groups excluding carboxylic acids is 1. The molecule has 0 spiro atoms. The Morgan fingerprint density at radius 3 is 2.46 bits per heavy atom. The largest absolute Gasteiger partial charge is 0.357 e. The number of guanidine groups is 1. The van der Waals surface area contributed by atoms with E-state index in [9.17, 15) is 4.79 Å². The number of hydrogen-bond acceptors (Lipinski definition) is 3. The minimum atomic E-state index is 0.310. The van der Waals surface area contributed by atoms with E-state index in [0.29, 0.717) is 17.9 Å². The minimum Gasteiger partial charge on any atom is -0.357 e. The van der Waals surface area contributed by atoms with E-state index in [4.69, 9.17) is 4.99 Å². The van der Waals surface area contributed by atoms with Crippen LogP contribution in [0.4, 0.5) is 0 Å². The molecule has 1 aliphatic heterocycles. The average Bonchev–Trinajstić information content (AvgIpc) is 3.36. The van der Waals surface area contributed by atoms with Crippen LogP contribution in [-0.4, -0.2) is 73.5 Å². The Labute approximate surface area is 158 Å². The van der Waals surface area contributed by atoms with Gasteiger partial charge < -0.3 is 15.5 Å². The van der Waals surface area contributed by atoms with Gasteiger partial charge in [0.05, 0.1) is 6.54 Å². The third-order valence-corrected chi connectivity index (χ3v) is 5.77. The Kier molecular flexibility index (Phi) is 7.35. The summed E-state index contributed by atoms with van der Waals surface area (Å²) < 4.78 is 0. The van der Waals surface area contributed by atoms with E-state index in [0.717, 1.165) is 77.5 Å². The lowest BCUT2D eigenvalue weighted by Gasteiger charge is -2.35. The van der Waals surface area contributed by atoms with Crippen LogP contribution in [0.1, 0.15) is 45.4 Å². The highest BCUT2D eigenvalue weighted by atomic mass is 16.2. The fourth-order valence-electron chi connectivity index (χ4n) is 4.17. The molecule has 1 amide bonds. The molecule has 0 aromatic rings. The Bertz CT molecular complexity index is 496. The molecule has 2 aliphatic carbocycles. The van der Waals surface area contributed by atoms with Gasteiger partial charge in [-0.05, 0) is 32.6 Å². The molecule has 1 saturated carbocycles. The molecule has 2 fully saturated rings. The highest BCUT2D eigenvalue weighted by Crippen LogP contribution is 2.26. The van der Waals surface area contributed by atoms with E-state index < -0.39 is 0 Å². The van der Waals surface area contributed by atoms with Gasteiger partial charge in [-0.2, -0.15) is 0 Å². The summed E-state index contributed by atoms with van der Waals surface area (Å²) in [5.74, 6) is 1.64.